The molecular weight excluding hydrogens is 237 g/mol. The van der Waals surface area contributed by atoms with Crippen molar-refractivity contribution in [2.45, 2.75) is 13.3 Å². The molecule has 19 heavy (non-hydrogen) atoms. The van der Waals surface area contributed by atoms with E-state index in [-0.39, 0.29) is 5.82 Å². The van der Waals surface area contributed by atoms with Gasteiger partial charge in [0, 0.05) is 5.56 Å². The van der Waals surface area contributed by atoms with Gasteiger partial charge in [-0.2, -0.15) is 5.26 Å². The highest BCUT2D eigenvalue weighted by molar-refractivity contribution is 5.89. The number of aryl methyl sites for hydroxylation is 1. The Morgan fingerprint density at radius 1 is 1.16 bits per heavy atom. The summed E-state index contributed by atoms with van der Waals surface area (Å²) in [5.74, 6) is -0.375. The molecule has 0 heterocycles. The first-order valence-corrected chi connectivity index (χ1v) is 6.20. The molecule has 0 aliphatic carbocycles. The minimum Gasteiger partial charge on any atom is -0.206 e. The summed E-state index contributed by atoms with van der Waals surface area (Å²) < 4.78 is 13.7. The van der Waals surface area contributed by atoms with Crippen molar-refractivity contribution in [1.82, 2.24) is 0 Å². The second-order valence-electron chi connectivity index (χ2n) is 4.24. The van der Waals surface area contributed by atoms with Gasteiger partial charge in [0.1, 0.15) is 5.82 Å². The topological polar surface area (TPSA) is 23.8 Å². The maximum absolute atomic E-state index is 13.7. The molecule has 0 bridgehead atoms. The molecule has 2 rings (SSSR count). The Kier molecular flexibility index (Phi) is 4.10. The molecule has 0 aliphatic rings. The molecule has 2 aromatic rings. The minimum absolute atomic E-state index is 0.336. The van der Waals surface area contributed by atoms with Crippen molar-refractivity contribution in [1.29, 1.82) is 5.26 Å². The smallest absolute Gasteiger partial charge is 0.131 e. The second-order valence-corrected chi connectivity index (χ2v) is 4.24. The van der Waals surface area contributed by atoms with Crippen LogP contribution in [-0.4, -0.2) is 0 Å². The molecule has 0 atom stereocenters. The fourth-order valence-electron chi connectivity index (χ4n) is 1.87. The minimum atomic E-state index is -0.375. The number of rotatable bonds is 3. The third-order valence-corrected chi connectivity index (χ3v) is 2.98. The fourth-order valence-corrected chi connectivity index (χ4v) is 1.87. The molecule has 0 fully saturated rings. The van der Waals surface area contributed by atoms with E-state index in [1.807, 2.05) is 24.3 Å². The summed E-state index contributed by atoms with van der Waals surface area (Å²) in [6.07, 6.45) is 2.68. The summed E-state index contributed by atoms with van der Waals surface area (Å²) in [6.45, 7) is 2.09. The van der Waals surface area contributed by atoms with E-state index in [0.29, 0.717) is 11.1 Å². The summed E-state index contributed by atoms with van der Waals surface area (Å²) in [5, 5.41) is 9.18. The summed E-state index contributed by atoms with van der Waals surface area (Å²) in [5.41, 5.74) is 2.81. The van der Waals surface area contributed by atoms with Gasteiger partial charge in [-0.3, -0.25) is 0 Å². The van der Waals surface area contributed by atoms with E-state index in [2.05, 4.69) is 13.0 Å². The molecule has 0 aliphatic heterocycles. The Morgan fingerprint density at radius 3 is 2.42 bits per heavy atom. The van der Waals surface area contributed by atoms with Crippen molar-refractivity contribution < 1.29 is 4.39 Å². The maximum Gasteiger partial charge on any atom is 0.131 e. The standard InChI is InChI=1S/C17H14FN/c1-2-13-7-9-14(10-8-13)11-15(12-19)16-5-3-4-6-17(16)18/h3-11H,2H2,1H3/b15-11-. The van der Waals surface area contributed by atoms with Crippen LogP contribution >= 0.6 is 0 Å². The summed E-state index contributed by atoms with van der Waals surface area (Å²) in [6, 6.07) is 16.3. The molecular formula is C17H14FN. The van der Waals surface area contributed by atoms with E-state index < -0.39 is 0 Å². The first kappa shape index (κ1) is 13.0. The van der Waals surface area contributed by atoms with Crippen LogP contribution in [0.1, 0.15) is 23.6 Å². The van der Waals surface area contributed by atoms with E-state index in [0.717, 1.165) is 12.0 Å². The summed E-state index contributed by atoms with van der Waals surface area (Å²) in [4.78, 5) is 0. The zero-order valence-corrected chi connectivity index (χ0v) is 10.7. The molecule has 94 valence electrons. The molecule has 0 radical (unpaired) electrons. The van der Waals surface area contributed by atoms with Crippen LogP contribution in [0.15, 0.2) is 48.5 Å². The number of halogens is 1. The fraction of sp³-hybridized carbons (Fsp3) is 0.118. The number of nitrogens with zero attached hydrogens (tertiary/aromatic N) is 1. The van der Waals surface area contributed by atoms with E-state index in [1.165, 1.54) is 11.6 Å². The normalized spacial score (nSPS) is 11.1. The largest absolute Gasteiger partial charge is 0.206 e. The Labute approximate surface area is 112 Å². The predicted molar refractivity (Wildman–Crippen MR) is 75.7 cm³/mol. The quantitative estimate of drug-likeness (QED) is 0.584. The van der Waals surface area contributed by atoms with Crippen LogP contribution in [0.5, 0.6) is 0 Å². The molecule has 0 saturated carbocycles. The van der Waals surface area contributed by atoms with Gasteiger partial charge in [-0.15, -0.1) is 0 Å². The van der Waals surface area contributed by atoms with E-state index in [9.17, 15) is 9.65 Å². The van der Waals surface area contributed by atoms with Gasteiger partial charge in [0.2, 0.25) is 0 Å². The van der Waals surface area contributed by atoms with Crippen molar-refractivity contribution in [3.8, 4) is 6.07 Å². The van der Waals surface area contributed by atoms with Gasteiger partial charge in [0.15, 0.2) is 0 Å². The van der Waals surface area contributed by atoms with Gasteiger partial charge in [-0.25, -0.2) is 4.39 Å². The lowest BCUT2D eigenvalue weighted by molar-refractivity contribution is 0.624. The van der Waals surface area contributed by atoms with Gasteiger partial charge in [-0.05, 0) is 29.7 Å². The van der Waals surface area contributed by atoms with Gasteiger partial charge >= 0.3 is 0 Å². The molecule has 0 spiro atoms. The molecule has 2 heteroatoms. The number of hydrogen-bond donors (Lipinski definition) is 0. The molecule has 0 aromatic heterocycles. The van der Waals surface area contributed by atoms with E-state index in [4.69, 9.17) is 0 Å². The van der Waals surface area contributed by atoms with Crippen LogP contribution in [0, 0.1) is 17.1 Å². The average molecular weight is 251 g/mol. The van der Waals surface area contributed by atoms with Crippen LogP contribution < -0.4 is 0 Å². The lowest BCUT2D eigenvalue weighted by Crippen LogP contribution is -1.87. The molecule has 0 unspecified atom stereocenters. The molecule has 0 saturated heterocycles. The van der Waals surface area contributed by atoms with Crippen molar-refractivity contribution in [2.75, 3.05) is 0 Å². The predicted octanol–water partition coefficient (Wildman–Crippen LogP) is 4.45. The first-order valence-electron chi connectivity index (χ1n) is 6.20. The zero-order chi connectivity index (χ0) is 13.7. The first-order chi connectivity index (χ1) is 9.24. The molecule has 0 N–H and O–H groups in total. The summed E-state index contributed by atoms with van der Waals surface area (Å²) >= 11 is 0. The van der Waals surface area contributed by atoms with Crippen LogP contribution in [0.3, 0.4) is 0 Å². The van der Waals surface area contributed by atoms with Crippen molar-refractivity contribution >= 4 is 11.6 Å². The highest BCUT2D eigenvalue weighted by Crippen LogP contribution is 2.20. The number of allylic oxidation sites excluding steroid dienone is 1. The van der Waals surface area contributed by atoms with Gasteiger partial charge in [-0.1, -0.05) is 49.4 Å². The Balaban J connectivity index is 2.39. The van der Waals surface area contributed by atoms with Crippen LogP contribution in [0.25, 0.3) is 11.6 Å². The Morgan fingerprint density at radius 2 is 1.84 bits per heavy atom. The third-order valence-electron chi connectivity index (χ3n) is 2.98. The average Bonchev–Trinajstić information content (AvgIpc) is 2.46. The van der Waals surface area contributed by atoms with Crippen molar-refractivity contribution in [3.05, 3.63) is 71.0 Å². The van der Waals surface area contributed by atoms with Crippen LogP contribution in [0.2, 0.25) is 0 Å². The second kappa shape index (κ2) is 5.97. The lowest BCUT2D eigenvalue weighted by atomic mass is 10.0. The zero-order valence-electron chi connectivity index (χ0n) is 10.7. The van der Waals surface area contributed by atoms with E-state index >= 15 is 0 Å². The lowest BCUT2D eigenvalue weighted by Gasteiger charge is -2.02. The van der Waals surface area contributed by atoms with Crippen molar-refractivity contribution in [2.24, 2.45) is 0 Å². The monoisotopic (exact) mass is 251 g/mol. The highest BCUT2D eigenvalue weighted by Gasteiger charge is 2.06. The van der Waals surface area contributed by atoms with Crippen molar-refractivity contribution in [3.63, 3.8) is 0 Å². The highest BCUT2D eigenvalue weighted by atomic mass is 19.1. The Hall–Kier alpha value is -2.40. The molecule has 0 amide bonds. The van der Waals surface area contributed by atoms with Gasteiger partial charge in [0.25, 0.3) is 0 Å². The van der Waals surface area contributed by atoms with Gasteiger partial charge in [0.05, 0.1) is 11.6 Å². The number of nitriles is 1. The summed E-state index contributed by atoms with van der Waals surface area (Å²) in [7, 11) is 0. The van der Waals surface area contributed by atoms with Crippen LogP contribution in [-0.2, 0) is 6.42 Å². The molecule has 2 aromatic carbocycles. The van der Waals surface area contributed by atoms with Crippen LogP contribution in [0.4, 0.5) is 4.39 Å². The Bertz CT molecular complexity index is 633. The van der Waals surface area contributed by atoms with E-state index in [1.54, 1.807) is 24.3 Å². The number of hydrogen-bond acceptors (Lipinski definition) is 1. The van der Waals surface area contributed by atoms with Gasteiger partial charge < -0.3 is 0 Å². The number of benzene rings is 2. The maximum atomic E-state index is 13.7. The SMILES string of the molecule is CCc1ccc(/C=C(/C#N)c2ccccc2F)cc1. The molecule has 1 nitrogen and oxygen atoms in total. The third kappa shape index (κ3) is 3.08.